The van der Waals surface area contributed by atoms with Gasteiger partial charge >= 0.3 is 0 Å². The minimum atomic E-state index is 0.0192. The number of thiocarbonyl (C=S) groups is 1. The summed E-state index contributed by atoms with van der Waals surface area (Å²) in [7, 11) is 0. The van der Waals surface area contributed by atoms with E-state index in [0.29, 0.717) is 23.8 Å². The van der Waals surface area contributed by atoms with Gasteiger partial charge in [0.05, 0.1) is 12.1 Å². The second kappa shape index (κ2) is 9.07. The molecule has 0 aliphatic carbocycles. The Kier molecular flexibility index (Phi) is 6.07. The first-order chi connectivity index (χ1) is 14.6. The van der Waals surface area contributed by atoms with Gasteiger partial charge in [0.1, 0.15) is 0 Å². The van der Waals surface area contributed by atoms with Gasteiger partial charge in [-0.1, -0.05) is 78.3 Å². The van der Waals surface area contributed by atoms with Crippen LogP contribution in [-0.2, 0) is 13.1 Å². The zero-order valence-electron chi connectivity index (χ0n) is 16.0. The van der Waals surface area contributed by atoms with E-state index in [2.05, 4.69) is 15.5 Å². The summed E-state index contributed by atoms with van der Waals surface area (Å²) in [6.45, 7) is 0.969. The van der Waals surface area contributed by atoms with Gasteiger partial charge in [0.2, 0.25) is 11.0 Å². The van der Waals surface area contributed by atoms with Crippen LogP contribution in [0.15, 0.2) is 89.1 Å². The van der Waals surface area contributed by atoms with Crippen LogP contribution in [0, 0.1) is 0 Å². The third-order valence-electron chi connectivity index (χ3n) is 4.73. The number of fused-ring (bicyclic) bond motifs is 1. The predicted molar refractivity (Wildman–Crippen MR) is 125 cm³/mol. The van der Waals surface area contributed by atoms with Crippen molar-refractivity contribution in [3.05, 3.63) is 95.0 Å². The molecule has 3 aromatic carbocycles. The lowest BCUT2D eigenvalue weighted by Crippen LogP contribution is -2.18. The smallest absolute Gasteiger partial charge is 0.221 e. The van der Waals surface area contributed by atoms with Crippen LogP contribution in [0.25, 0.3) is 10.9 Å². The number of hydrogen-bond acceptors (Lipinski definition) is 3. The van der Waals surface area contributed by atoms with Crippen molar-refractivity contribution in [1.82, 2.24) is 9.88 Å². The second-order valence-electron chi connectivity index (χ2n) is 6.71. The van der Waals surface area contributed by atoms with Crippen LogP contribution in [0.1, 0.15) is 11.1 Å². The third kappa shape index (κ3) is 4.35. The maximum atomic E-state index is 10.9. The van der Waals surface area contributed by atoms with E-state index in [0.717, 1.165) is 22.0 Å². The SMILES string of the molecule is Oc1c(N=NC(=S)NCc2ccccc2)c2ccccc2n1Cc1ccccc1Cl. The van der Waals surface area contributed by atoms with E-state index in [9.17, 15) is 5.11 Å². The van der Waals surface area contributed by atoms with Gasteiger partial charge in [0.25, 0.3) is 0 Å². The van der Waals surface area contributed by atoms with Crippen LogP contribution < -0.4 is 5.32 Å². The van der Waals surface area contributed by atoms with Gasteiger partial charge in [-0.3, -0.25) is 0 Å². The molecule has 0 unspecified atom stereocenters. The summed E-state index contributed by atoms with van der Waals surface area (Å²) in [6, 6.07) is 25.1. The minimum Gasteiger partial charge on any atom is -0.493 e. The summed E-state index contributed by atoms with van der Waals surface area (Å²) in [5.41, 5.74) is 3.21. The molecule has 2 N–H and O–H groups in total. The van der Waals surface area contributed by atoms with E-state index in [1.807, 2.05) is 78.9 Å². The van der Waals surface area contributed by atoms with Crippen LogP contribution in [0.5, 0.6) is 5.88 Å². The molecule has 4 aromatic rings. The molecule has 30 heavy (non-hydrogen) atoms. The Morgan fingerprint density at radius 1 is 0.967 bits per heavy atom. The molecule has 0 saturated heterocycles. The van der Waals surface area contributed by atoms with Crippen LogP contribution in [0.3, 0.4) is 0 Å². The van der Waals surface area contributed by atoms with Crippen molar-refractivity contribution in [3.8, 4) is 5.88 Å². The molecule has 0 radical (unpaired) electrons. The number of nitrogens with zero attached hydrogens (tertiary/aromatic N) is 3. The highest BCUT2D eigenvalue weighted by Crippen LogP contribution is 2.39. The van der Waals surface area contributed by atoms with Crippen LogP contribution in [-0.4, -0.2) is 14.8 Å². The molecule has 0 aliphatic rings. The van der Waals surface area contributed by atoms with Crippen molar-refractivity contribution >= 4 is 45.5 Å². The van der Waals surface area contributed by atoms with Gasteiger partial charge in [0.15, 0.2) is 5.69 Å². The highest BCUT2D eigenvalue weighted by Gasteiger charge is 2.17. The first-order valence-electron chi connectivity index (χ1n) is 9.40. The van der Waals surface area contributed by atoms with Crippen molar-refractivity contribution in [3.63, 3.8) is 0 Å². The van der Waals surface area contributed by atoms with Gasteiger partial charge in [-0.05, 0) is 35.5 Å². The average Bonchev–Trinajstić information content (AvgIpc) is 3.04. The largest absolute Gasteiger partial charge is 0.493 e. The minimum absolute atomic E-state index is 0.0192. The van der Waals surface area contributed by atoms with Gasteiger partial charge in [0, 0.05) is 17.0 Å². The highest BCUT2D eigenvalue weighted by atomic mass is 35.5. The van der Waals surface area contributed by atoms with E-state index >= 15 is 0 Å². The Morgan fingerprint density at radius 2 is 1.67 bits per heavy atom. The summed E-state index contributed by atoms with van der Waals surface area (Å²) in [5.74, 6) is 0.0192. The molecule has 7 heteroatoms. The van der Waals surface area contributed by atoms with Crippen molar-refractivity contribution in [2.24, 2.45) is 10.2 Å². The maximum absolute atomic E-state index is 10.9. The van der Waals surface area contributed by atoms with Crippen LogP contribution >= 0.6 is 23.8 Å². The lowest BCUT2D eigenvalue weighted by atomic mass is 10.2. The fraction of sp³-hybridized carbons (Fsp3) is 0.0870. The normalized spacial score (nSPS) is 11.2. The molecule has 0 atom stereocenters. The first kappa shape index (κ1) is 20.1. The number of para-hydroxylation sites is 1. The van der Waals surface area contributed by atoms with Crippen molar-refractivity contribution in [2.45, 2.75) is 13.1 Å². The van der Waals surface area contributed by atoms with Crippen molar-refractivity contribution < 1.29 is 5.11 Å². The summed E-state index contributed by atoms with van der Waals surface area (Å²) in [4.78, 5) is 0. The van der Waals surface area contributed by atoms with Crippen molar-refractivity contribution in [2.75, 3.05) is 0 Å². The number of aromatic nitrogens is 1. The average molecular weight is 435 g/mol. The summed E-state index contributed by atoms with van der Waals surface area (Å²) >= 11 is 11.6. The van der Waals surface area contributed by atoms with E-state index in [-0.39, 0.29) is 11.0 Å². The Bertz CT molecular complexity index is 1220. The van der Waals surface area contributed by atoms with Crippen LogP contribution in [0.2, 0.25) is 5.02 Å². The molecular formula is C23H19ClN4OS. The standard InChI is InChI=1S/C23H19ClN4OS/c24-19-12-6-4-10-17(19)15-28-20-13-7-5-11-18(20)21(22(28)29)26-27-23(30)25-14-16-8-2-1-3-9-16/h1-13,29H,14-15H2,(H,25,30). The lowest BCUT2D eigenvalue weighted by Gasteiger charge is -2.08. The Balaban J connectivity index is 1.60. The third-order valence-corrected chi connectivity index (χ3v) is 5.33. The number of benzene rings is 3. The van der Waals surface area contributed by atoms with Gasteiger partial charge in [-0.2, -0.15) is 0 Å². The molecule has 0 amide bonds. The topological polar surface area (TPSA) is 61.9 Å². The van der Waals surface area contributed by atoms with E-state index in [1.165, 1.54) is 0 Å². The quantitative estimate of drug-likeness (QED) is 0.290. The van der Waals surface area contributed by atoms with Gasteiger partial charge < -0.3 is 15.0 Å². The zero-order chi connectivity index (χ0) is 20.9. The summed E-state index contributed by atoms with van der Waals surface area (Å²) in [6.07, 6.45) is 0. The molecule has 0 saturated carbocycles. The first-order valence-corrected chi connectivity index (χ1v) is 10.2. The fourth-order valence-electron chi connectivity index (χ4n) is 3.23. The lowest BCUT2D eigenvalue weighted by molar-refractivity contribution is 0.429. The zero-order valence-corrected chi connectivity index (χ0v) is 17.6. The molecule has 5 nitrogen and oxygen atoms in total. The number of rotatable bonds is 5. The van der Waals surface area contributed by atoms with E-state index in [4.69, 9.17) is 23.8 Å². The molecule has 1 heterocycles. The summed E-state index contributed by atoms with van der Waals surface area (Å²) < 4.78 is 1.77. The number of aromatic hydroxyl groups is 1. The van der Waals surface area contributed by atoms with E-state index in [1.54, 1.807) is 4.57 Å². The van der Waals surface area contributed by atoms with Crippen LogP contribution in [0.4, 0.5) is 5.69 Å². The summed E-state index contributed by atoms with van der Waals surface area (Å²) in [5, 5.41) is 24.0. The molecule has 0 fully saturated rings. The number of hydrogen-bond donors (Lipinski definition) is 2. The van der Waals surface area contributed by atoms with Crippen molar-refractivity contribution in [1.29, 1.82) is 0 Å². The fourth-order valence-corrected chi connectivity index (χ4v) is 3.54. The number of azo groups is 1. The number of nitrogens with one attached hydrogen (secondary N) is 1. The molecular weight excluding hydrogens is 416 g/mol. The Morgan fingerprint density at radius 3 is 2.47 bits per heavy atom. The predicted octanol–water partition coefficient (Wildman–Crippen LogP) is 6.21. The molecule has 1 aromatic heterocycles. The van der Waals surface area contributed by atoms with Gasteiger partial charge in [-0.25, -0.2) is 0 Å². The number of halogens is 1. The monoisotopic (exact) mass is 434 g/mol. The Hall–Kier alpha value is -3.22. The van der Waals surface area contributed by atoms with Gasteiger partial charge in [-0.15, -0.1) is 10.2 Å². The molecule has 0 spiro atoms. The molecule has 150 valence electrons. The Labute approximate surface area is 184 Å². The second-order valence-corrected chi connectivity index (χ2v) is 7.51. The van der Waals surface area contributed by atoms with E-state index < -0.39 is 0 Å². The molecule has 0 bridgehead atoms. The highest BCUT2D eigenvalue weighted by molar-refractivity contribution is 7.80. The molecule has 0 aliphatic heterocycles. The maximum Gasteiger partial charge on any atom is 0.221 e. The molecule has 4 rings (SSSR count).